The van der Waals surface area contributed by atoms with E-state index in [1.54, 1.807) is 50.2 Å². The molecule has 1 aromatic heterocycles. The third-order valence-corrected chi connectivity index (χ3v) is 3.34. The van der Waals surface area contributed by atoms with Crippen LogP contribution in [-0.4, -0.2) is 16.0 Å². The van der Waals surface area contributed by atoms with Crippen molar-refractivity contribution < 1.29 is 13.7 Å². The minimum Gasteiger partial charge on any atom is -0.339 e. The average Bonchev–Trinajstić information content (AvgIpc) is 2.98. The zero-order chi connectivity index (χ0) is 16.4. The van der Waals surface area contributed by atoms with Crippen LogP contribution in [-0.2, 0) is 0 Å². The maximum absolute atomic E-state index is 13.5. The molecule has 0 atom stereocenters. The Morgan fingerprint density at radius 2 is 2.00 bits per heavy atom. The van der Waals surface area contributed by atoms with Crippen molar-refractivity contribution in [3.63, 3.8) is 0 Å². The molecule has 0 bridgehead atoms. The Balaban J connectivity index is 1.83. The van der Waals surface area contributed by atoms with Gasteiger partial charge in [-0.3, -0.25) is 4.79 Å². The Morgan fingerprint density at radius 3 is 2.70 bits per heavy atom. The molecule has 5 nitrogen and oxygen atoms in total. The lowest BCUT2D eigenvalue weighted by molar-refractivity contribution is 0.102. The van der Waals surface area contributed by atoms with Crippen LogP contribution >= 0.6 is 0 Å². The van der Waals surface area contributed by atoms with Gasteiger partial charge in [-0.1, -0.05) is 23.4 Å². The van der Waals surface area contributed by atoms with Gasteiger partial charge in [0.25, 0.3) is 5.91 Å². The molecule has 0 spiro atoms. The lowest BCUT2D eigenvalue weighted by Gasteiger charge is -2.07. The number of nitrogens with zero attached hydrogens (tertiary/aromatic N) is 2. The highest BCUT2D eigenvalue weighted by molar-refractivity contribution is 6.04. The molecular weight excluding hydrogens is 297 g/mol. The maximum Gasteiger partial charge on any atom is 0.255 e. The molecule has 0 aliphatic carbocycles. The monoisotopic (exact) mass is 311 g/mol. The fraction of sp³-hybridized carbons (Fsp3) is 0.118. The van der Waals surface area contributed by atoms with E-state index in [9.17, 15) is 9.18 Å². The number of halogens is 1. The highest BCUT2D eigenvalue weighted by Crippen LogP contribution is 2.19. The van der Waals surface area contributed by atoms with Crippen LogP contribution in [0.5, 0.6) is 0 Å². The van der Waals surface area contributed by atoms with Crippen LogP contribution in [0.4, 0.5) is 10.1 Å². The summed E-state index contributed by atoms with van der Waals surface area (Å²) in [6.45, 7) is 3.36. The van der Waals surface area contributed by atoms with Crippen molar-refractivity contribution in [2.24, 2.45) is 0 Å². The first-order valence-electron chi connectivity index (χ1n) is 7.01. The van der Waals surface area contributed by atoms with Crippen molar-refractivity contribution in [3.05, 3.63) is 65.3 Å². The van der Waals surface area contributed by atoms with Crippen molar-refractivity contribution in [3.8, 4) is 11.4 Å². The third kappa shape index (κ3) is 3.26. The van der Waals surface area contributed by atoms with E-state index in [0.717, 1.165) is 0 Å². The van der Waals surface area contributed by atoms with E-state index < -0.39 is 0 Å². The first kappa shape index (κ1) is 14.9. The summed E-state index contributed by atoms with van der Waals surface area (Å²) in [6, 6.07) is 11.4. The van der Waals surface area contributed by atoms with Gasteiger partial charge in [-0.2, -0.15) is 4.98 Å². The van der Waals surface area contributed by atoms with Gasteiger partial charge in [-0.25, -0.2) is 4.39 Å². The highest BCUT2D eigenvalue weighted by Gasteiger charge is 2.11. The normalized spacial score (nSPS) is 10.6. The number of carbonyl (C=O) groups is 1. The van der Waals surface area contributed by atoms with Gasteiger partial charge in [0, 0.05) is 23.7 Å². The molecule has 0 aliphatic heterocycles. The summed E-state index contributed by atoms with van der Waals surface area (Å²) in [7, 11) is 0. The molecule has 6 heteroatoms. The van der Waals surface area contributed by atoms with E-state index in [0.29, 0.717) is 34.1 Å². The van der Waals surface area contributed by atoms with Crippen molar-refractivity contribution in [2.45, 2.75) is 13.8 Å². The molecule has 1 heterocycles. The number of nitrogens with one attached hydrogen (secondary N) is 1. The molecule has 3 rings (SSSR count). The van der Waals surface area contributed by atoms with Crippen molar-refractivity contribution >= 4 is 11.6 Å². The van der Waals surface area contributed by atoms with E-state index >= 15 is 0 Å². The molecule has 0 saturated carbocycles. The summed E-state index contributed by atoms with van der Waals surface area (Å²) >= 11 is 0. The highest BCUT2D eigenvalue weighted by atomic mass is 19.1. The topological polar surface area (TPSA) is 68.0 Å². The zero-order valence-electron chi connectivity index (χ0n) is 12.6. The quantitative estimate of drug-likeness (QED) is 0.800. The number of carbonyl (C=O) groups excluding carboxylic acids is 1. The van der Waals surface area contributed by atoms with Gasteiger partial charge in [-0.15, -0.1) is 0 Å². The Hall–Kier alpha value is -3.02. The fourth-order valence-electron chi connectivity index (χ4n) is 2.09. The van der Waals surface area contributed by atoms with Crippen molar-refractivity contribution in [1.82, 2.24) is 10.1 Å². The molecule has 0 fully saturated rings. The van der Waals surface area contributed by atoms with Crippen LogP contribution in [0.15, 0.2) is 47.0 Å². The van der Waals surface area contributed by atoms with E-state index in [-0.39, 0.29) is 11.7 Å². The smallest absolute Gasteiger partial charge is 0.255 e. The van der Waals surface area contributed by atoms with Crippen LogP contribution in [0.2, 0.25) is 0 Å². The number of hydrogen-bond donors (Lipinski definition) is 1. The molecule has 0 saturated heterocycles. The van der Waals surface area contributed by atoms with E-state index in [1.165, 1.54) is 6.07 Å². The van der Waals surface area contributed by atoms with Gasteiger partial charge in [0.05, 0.1) is 0 Å². The number of benzene rings is 2. The standard InChI is InChI=1S/C17H14FN3O2/c1-10-6-7-14(9-15(10)18)20-17(22)13-5-3-4-12(8-13)16-19-11(2)23-21-16/h3-9H,1-2H3,(H,20,22). The van der Waals surface area contributed by atoms with Crippen LogP contribution in [0.3, 0.4) is 0 Å². The molecule has 0 radical (unpaired) electrons. The van der Waals surface area contributed by atoms with Gasteiger partial charge in [0.15, 0.2) is 0 Å². The van der Waals surface area contributed by atoms with Crippen LogP contribution < -0.4 is 5.32 Å². The SMILES string of the molecule is Cc1nc(-c2cccc(C(=O)Nc3ccc(C)c(F)c3)c2)no1. The molecule has 0 unspecified atom stereocenters. The first-order chi connectivity index (χ1) is 11.0. The second-order valence-electron chi connectivity index (χ2n) is 5.14. The maximum atomic E-state index is 13.5. The lowest BCUT2D eigenvalue weighted by Crippen LogP contribution is -2.12. The number of amides is 1. The van der Waals surface area contributed by atoms with Crippen LogP contribution in [0.25, 0.3) is 11.4 Å². The van der Waals surface area contributed by atoms with Gasteiger partial charge >= 0.3 is 0 Å². The Kier molecular flexibility index (Phi) is 3.89. The van der Waals surface area contributed by atoms with E-state index in [4.69, 9.17) is 4.52 Å². The van der Waals surface area contributed by atoms with E-state index in [2.05, 4.69) is 15.5 Å². The minimum absolute atomic E-state index is 0.338. The molecular formula is C17H14FN3O2. The second-order valence-corrected chi connectivity index (χ2v) is 5.14. The van der Waals surface area contributed by atoms with Gasteiger partial charge in [0.1, 0.15) is 5.82 Å². The van der Waals surface area contributed by atoms with Crippen molar-refractivity contribution in [2.75, 3.05) is 5.32 Å². The summed E-state index contributed by atoms with van der Waals surface area (Å²) in [4.78, 5) is 16.4. The average molecular weight is 311 g/mol. The summed E-state index contributed by atoms with van der Waals surface area (Å²) in [5.74, 6) is 0.164. The predicted molar refractivity (Wildman–Crippen MR) is 83.6 cm³/mol. The van der Waals surface area contributed by atoms with Crippen molar-refractivity contribution in [1.29, 1.82) is 0 Å². The largest absolute Gasteiger partial charge is 0.339 e. The molecule has 3 aromatic rings. The number of hydrogen-bond acceptors (Lipinski definition) is 4. The fourth-order valence-corrected chi connectivity index (χ4v) is 2.09. The Morgan fingerprint density at radius 1 is 1.17 bits per heavy atom. The van der Waals surface area contributed by atoms with Crippen LogP contribution in [0.1, 0.15) is 21.8 Å². The molecule has 2 aromatic carbocycles. The number of aromatic nitrogens is 2. The second kappa shape index (κ2) is 6.00. The Labute approximate surface area is 132 Å². The minimum atomic E-state index is -0.362. The number of aryl methyl sites for hydroxylation is 2. The van der Waals surface area contributed by atoms with Gasteiger partial charge in [-0.05, 0) is 36.8 Å². The molecule has 1 amide bonds. The lowest BCUT2D eigenvalue weighted by atomic mass is 10.1. The summed E-state index contributed by atoms with van der Waals surface area (Å²) in [6.07, 6.45) is 0. The zero-order valence-corrected chi connectivity index (χ0v) is 12.6. The molecule has 1 N–H and O–H groups in total. The summed E-state index contributed by atoms with van der Waals surface area (Å²) < 4.78 is 18.5. The van der Waals surface area contributed by atoms with Crippen LogP contribution in [0, 0.1) is 19.7 Å². The van der Waals surface area contributed by atoms with Gasteiger partial charge < -0.3 is 9.84 Å². The van der Waals surface area contributed by atoms with E-state index in [1.807, 2.05) is 0 Å². The molecule has 0 aliphatic rings. The summed E-state index contributed by atoms with van der Waals surface area (Å²) in [5.41, 5.74) is 2.02. The molecule has 116 valence electrons. The first-order valence-corrected chi connectivity index (χ1v) is 7.01. The molecule has 23 heavy (non-hydrogen) atoms. The van der Waals surface area contributed by atoms with Gasteiger partial charge in [0.2, 0.25) is 11.7 Å². The number of anilines is 1. The third-order valence-electron chi connectivity index (χ3n) is 3.34. The number of rotatable bonds is 3. The Bertz CT molecular complexity index is 874. The summed E-state index contributed by atoms with van der Waals surface area (Å²) in [5, 5.41) is 6.49. The predicted octanol–water partition coefficient (Wildman–Crippen LogP) is 3.74.